The van der Waals surface area contributed by atoms with Gasteiger partial charge in [0.05, 0.1) is 10.6 Å². The molecular weight excluding hydrogens is 370 g/mol. The van der Waals surface area contributed by atoms with Crippen LogP contribution in [0.2, 0.25) is 0 Å². The zero-order chi connectivity index (χ0) is 19.2. The van der Waals surface area contributed by atoms with Gasteiger partial charge < -0.3 is 26.0 Å². The molecule has 1 fully saturated rings. The Morgan fingerprint density at radius 1 is 1.30 bits per heavy atom. The number of carbonyl (C=O) groups is 3. The number of amides is 3. The van der Waals surface area contributed by atoms with Crippen molar-refractivity contribution >= 4 is 45.5 Å². The highest BCUT2D eigenvalue weighted by Gasteiger charge is 2.29. The number of hydrogen-bond acceptors (Lipinski definition) is 7. The summed E-state index contributed by atoms with van der Waals surface area (Å²) in [5, 5.41) is 7.15. The van der Waals surface area contributed by atoms with E-state index in [1.165, 1.54) is 16.4 Å². The Morgan fingerprint density at radius 3 is 2.93 bits per heavy atom. The molecule has 1 aliphatic rings. The topological polar surface area (TPSA) is 127 Å². The van der Waals surface area contributed by atoms with E-state index < -0.39 is 12.2 Å². The number of anilines is 1. The predicted molar refractivity (Wildman–Crippen MR) is 101 cm³/mol. The first kappa shape index (κ1) is 18.9. The molecule has 2 heterocycles. The van der Waals surface area contributed by atoms with Gasteiger partial charge in [-0.1, -0.05) is 12.1 Å². The van der Waals surface area contributed by atoms with Crippen molar-refractivity contribution in [3.8, 4) is 0 Å². The molecule has 0 radical (unpaired) electrons. The van der Waals surface area contributed by atoms with Gasteiger partial charge in [0.1, 0.15) is 5.82 Å². The molecule has 4 N–H and O–H groups in total. The molecule has 1 unspecified atom stereocenters. The Labute approximate surface area is 160 Å². The standard InChI is InChI=1S/C17H21N5O4S/c18-16(24)26-17(25)22-9-3-4-11(10-22)15(23)20-8-7-19-14-12-5-1-2-6-13(12)27-21-14/h1-2,5-6,11H,3-4,7-10H2,(H2,18,24)(H,19,21)(H,20,23). The van der Waals surface area contributed by atoms with E-state index in [1.807, 2.05) is 24.3 Å². The highest BCUT2D eigenvalue weighted by Crippen LogP contribution is 2.25. The number of primary amides is 1. The van der Waals surface area contributed by atoms with E-state index >= 15 is 0 Å². The minimum Gasteiger partial charge on any atom is -0.367 e. The molecule has 3 rings (SSSR count). The Morgan fingerprint density at radius 2 is 2.11 bits per heavy atom. The number of ether oxygens (including phenoxy) is 1. The molecular formula is C17H21N5O4S. The van der Waals surface area contributed by atoms with Crippen LogP contribution < -0.4 is 16.4 Å². The van der Waals surface area contributed by atoms with E-state index in [1.54, 1.807) is 0 Å². The van der Waals surface area contributed by atoms with Gasteiger partial charge in [-0.2, -0.15) is 4.37 Å². The van der Waals surface area contributed by atoms with Crippen LogP contribution in [-0.4, -0.2) is 53.5 Å². The molecule has 144 valence electrons. The fraction of sp³-hybridized carbons (Fsp3) is 0.412. The summed E-state index contributed by atoms with van der Waals surface area (Å²) in [6, 6.07) is 7.94. The number of benzene rings is 1. The van der Waals surface area contributed by atoms with Gasteiger partial charge in [-0.25, -0.2) is 9.59 Å². The first-order valence-electron chi connectivity index (χ1n) is 8.67. The van der Waals surface area contributed by atoms with E-state index in [0.29, 0.717) is 32.5 Å². The van der Waals surface area contributed by atoms with Gasteiger partial charge >= 0.3 is 12.2 Å². The summed E-state index contributed by atoms with van der Waals surface area (Å²) in [5.41, 5.74) is 4.85. The second-order valence-electron chi connectivity index (χ2n) is 6.22. The van der Waals surface area contributed by atoms with E-state index in [4.69, 9.17) is 5.73 Å². The Balaban J connectivity index is 1.43. The van der Waals surface area contributed by atoms with Crippen LogP contribution in [0.25, 0.3) is 10.1 Å². The van der Waals surface area contributed by atoms with Crippen LogP contribution in [-0.2, 0) is 9.53 Å². The van der Waals surface area contributed by atoms with E-state index in [9.17, 15) is 14.4 Å². The maximum atomic E-state index is 12.3. The fourth-order valence-corrected chi connectivity index (χ4v) is 3.79. The van der Waals surface area contributed by atoms with Gasteiger partial charge in [-0.3, -0.25) is 4.79 Å². The van der Waals surface area contributed by atoms with Crippen molar-refractivity contribution in [2.24, 2.45) is 11.7 Å². The van der Waals surface area contributed by atoms with Gasteiger partial charge in [-0.15, -0.1) is 0 Å². The third-order valence-corrected chi connectivity index (χ3v) is 5.16. The number of nitrogens with zero attached hydrogens (tertiary/aromatic N) is 2. The molecule has 27 heavy (non-hydrogen) atoms. The summed E-state index contributed by atoms with van der Waals surface area (Å²) in [7, 11) is 0. The normalized spacial score (nSPS) is 16.7. The van der Waals surface area contributed by atoms with Crippen molar-refractivity contribution in [1.29, 1.82) is 0 Å². The smallest absolute Gasteiger partial charge is 0.367 e. The number of hydrogen-bond donors (Lipinski definition) is 3. The van der Waals surface area contributed by atoms with Crippen LogP contribution in [0, 0.1) is 5.92 Å². The lowest BCUT2D eigenvalue weighted by Crippen LogP contribution is -2.46. The Hall–Kier alpha value is -2.88. The number of fused-ring (bicyclic) bond motifs is 1. The summed E-state index contributed by atoms with van der Waals surface area (Å²) in [6.45, 7) is 1.63. The van der Waals surface area contributed by atoms with Crippen LogP contribution in [0.5, 0.6) is 0 Å². The number of rotatable bonds is 5. The highest BCUT2D eigenvalue weighted by atomic mass is 32.1. The SMILES string of the molecule is NC(=O)OC(=O)N1CCCC(C(=O)NCCNc2nsc3ccccc23)C1. The van der Waals surface area contributed by atoms with Crippen LogP contribution in [0.1, 0.15) is 12.8 Å². The number of nitrogens with one attached hydrogen (secondary N) is 2. The van der Waals surface area contributed by atoms with Gasteiger partial charge in [0.15, 0.2) is 0 Å². The van der Waals surface area contributed by atoms with E-state index in [-0.39, 0.29) is 18.4 Å². The van der Waals surface area contributed by atoms with Crippen LogP contribution >= 0.6 is 11.5 Å². The zero-order valence-corrected chi connectivity index (χ0v) is 15.5. The van der Waals surface area contributed by atoms with Crippen molar-refractivity contribution in [3.63, 3.8) is 0 Å². The molecule has 1 atom stereocenters. The lowest BCUT2D eigenvalue weighted by molar-refractivity contribution is -0.126. The molecule has 3 amide bonds. The lowest BCUT2D eigenvalue weighted by atomic mass is 9.97. The second-order valence-corrected chi connectivity index (χ2v) is 7.02. The van der Waals surface area contributed by atoms with Gasteiger partial charge in [0.25, 0.3) is 0 Å². The maximum Gasteiger partial charge on any atom is 0.418 e. The largest absolute Gasteiger partial charge is 0.418 e. The van der Waals surface area contributed by atoms with Crippen molar-refractivity contribution in [2.45, 2.75) is 12.8 Å². The van der Waals surface area contributed by atoms with Crippen LogP contribution in [0.4, 0.5) is 15.4 Å². The van der Waals surface area contributed by atoms with Crippen molar-refractivity contribution in [1.82, 2.24) is 14.6 Å². The highest BCUT2D eigenvalue weighted by molar-refractivity contribution is 7.13. The summed E-state index contributed by atoms with van der Waals surface area (Å²) in [6.07, 6.45) is -0.616. The molecule has 0 bridgehead atoms. The lowest BCUT2D eigenvalue weighted by Gasteiger charge is -2.30. The molecule has 0 saturated carbocycles. The number of likely N-dealkylation sites (tertiary alicyclic amines) is 1. The first-order chi connectivity index (χ1) is 13.0. The summed E-state index contributed by atoms with van der Waals surface area (Å²) in [4.78, 5) is 36.1. The van der Waals surface area contributed by atoms with Crippen molar-refractivity contribution < 1.29 is 19.1 Å². The molecule has 9 nitrogen and oxygen atoms in total. The fourth-order valence-electron chi connectivity index (χ4n) is 3.03. The molecule has 1 saturated heterocycles. The maximum absolute atomic E-state index is 12.3. The van der Waals surface area contributed by atoms with Crippen LogP contribution in [0.15, 0.2) is 24.3 Å². The summed E-state index contributed by atoms with van der Waals surface area (Å²) >= 11 is 1.43. The molecule has 1 aromatic carbocycles. The zero-order valence-electron chi connectivity index (χ0n) is 14.6. The van der Waals surface area contributed by atoms with Crippen LogP contribution in [0.3, 0.4) is 0 Å². The third kappa shape index (κ3) is 4.85. The van der Waals surface area contributed by atoms with Gasteiger partial charge in [-0.05, 0) is 36.5 Å². The molecule has 0 aliphatic carbocycles. The molecule has 0 spiro atoms. The van der Waals surface area contributed by atoms with Crippen molar-refractivity contribution in [3.05, 3.63) is 24.3 Å². The average molecular weight is 391 g/mol. The minimum atomic E-state index is -1.15. The van der Waals surface area contributed by atoms with Crippen molar-refractivity contribution in [2.75, 3.05) is 31.5 Å². The van der Waals surface area contributed by atoms with Gasteiger partial charge in [0.2, 0.25) is 5.91 Å². The summed E-state index contributed by atoms with van der Waals surface area (Å²) in [5.74, 6) is 0.346. The number of nitrogens with two attached hydrogens (primary N) is 1. The predicted octanol–water partition coefficient (Wildman–Crippen LogP) is 1.75. The van der Waals surface area contributed by atoms with Gasteiger partial charge in [0, 0.05) is 31.6 Å². The molecule has 1 aromatic heterocycles. The molecule has 1 aliphatic heterocycles. The quantitative estimate of drug-likeness (QED) is 0.526. The Kier molecular flexibility index (Phi) is 6.07. The number of carbonyl (C=O) groups excluding carboxylic acids is 3. The minimum absolute atomic E-state index is 0.128. The first-order valence-corrected chi connectivity index (χ1v) is 9.44. The average Bonchev–Trinajstić information content (AvgIpc) is 3.08. The third-order valence-electron chi connectivity index (χ3n) is 4.33. The molecule has 10 heteroatoms. The second kappa shape index (κ2) is 8.67. The van der Waals surface area contributed by atoms with E-state index in [0.717, 1.165) is 15.9 Å². The number of piperidine rings is 1. The molecule has 2 aromatic rings. The number of aromatic nitrogens is 1. The Bertz CT molecular complexity index is 840. The monoisotopic (exact) mass is 391 g/mol. The van der Waals surface area contributed by atoms with E-state index in [2.05, 4.69) is 19.7 Å². The summed E-state index contributed by atoms with van der Waals surface area (Å²) < 4.78 is 9.85.